The van der Waals surface area contributed by atoms with Gasteiger partial charge in [0.05, 0.1) is 0 Å². The van der Waals surface area contributed by atoms with Crippen LogP contribution in [0, 0.1) is 0 Å². The van der Waals surface area contributed by atoms with Crippen molar-refractivity contribution < 1.29 is 9.59 Å². The van der Waals surface area contributed by atoms with E-state index >= 15 is 0 Å². The largest absolute Gasteiger partial charge is 0.352 e. The molecule has 0 saturated heterocycles. The summed E-state index contributed by atoms with van der Waals surface area (Å²) in [7, 11) is 0. The van der Waals surface area contributed by atoms with Gasteiger partial charge < -0.3 is 10.6 Å². The average Bonchev–Trinajstić information content (AvgIpc) is 2.74. The molecule has 4 heteroatoms. The van der Waals surface area contributed by atoms with Gasteiger partial charge in [-0.2, -0.15) is 0 Å². The van der Waals surface area contributed by atoms with Gasteiger partial charge in [0.15, 0.2) is 0 Å². The fourth-order valence-corrected chi connectivity index (χ4v) is 3.10. The molecule has 2 N–H and O–H groups in total. The minimum atomic E-state index is -0.108. The lowest BCUT2D eigenvalue weighted by Crippen LogP contribution is -2.29. The van der Waals surface area contributed by atoms with Gasteiger partial charge in [0, 0.05) is 31.5 Å². The van der Waals surface area contributed by atoms with Gasteiger partial charge in [-0.15, -0.1) is 0 Å². The van der Waals surface area contributed by atoms with Crippen LogP contribution in [-0.2, 0) is 11.3 Å². The van der Waals surface area contributed by atoms with E-state index in [2.05, 4.69) is 34.9 Å². The van der Waals surface area contributed by atoms with Gasteiger partial charge in [-0.05, 0) is 28.8 Å². The Balaban J connectivity index is 1.68. The van der Waals surface area contributed by atoms with Crippen LogP contribution in [0.1, 0.15) is 39.9 Å². The molecule has 2 amide bonds. The van der Waals surface area contributed by atoms with E-state index in [-0.39, 0.29) is 17.7 Å². The maximum Gasteiger partial charge on any atom is 0.251 e. The summed E-state index contributed by atoms with van der Waals surface area (Å²) in [6.07, 6.45) is 0. The van der Waals surface area contributed by atoms with Gasteiger partial charge in [0.2, 0.25) is 5.91 Å². The molecule has 0 aliphatic rings. The van der Waals surface area contributed by atoms with Crippen LogP contribution in [0.25, 0.3) is 0 Å². The molecule has 0 bridgehead atoms. The Bertz CT molecular complexity index is 867. The monoisotopic (exact) mass is 372 g/mol. The number of rotatable bonds is 7. The van der Waals surface area contributed by atoms with Crippen molar-refractivity contribution >= 4 is 11.8 Å². The second-order valence-corrected chi connectivity index (χ2v) is 6.69. The number of amides is 2. The van der Waals surface area contributed by atoms with Crippen LogP contribution in [0.3, 0.4) is 0 Å². The van der Waals surface area contributed by atoms with Crippen molar-refractivity contribution in [3.8, 4) is 0 Å². The summed E-state index contributed by atoms with van der Waals surface area (Å²) in [6, 6.07) is 27.7. The molecule has 0 aromatic heterocycles. The average molecular weight is 372 g/mol. The third kappa shape index (κ3) is 5.30. The highest BCUT2D eigenvalue weighted by Gasteiger charge is 2.15. The number of hydrogen-bond acceptors (Lipinski definition) is 2. The number of carbonyl (C=O) groups excluding carboxylic acids is 2. The van der Waals surface area contributed by atoms with E-state index in [1.165, 1.54) is 18.1 Å². The molecular formula is C24H24N2O2. The summed E-state index contributed by atoms with van der Waals surface area (Å²) < 4.78 is 0. The topological polar surface area (TPSA) is 58.2 Å². The van der Waals surface area contributed by atoms with Gasteiger partial charge in [0.1, 0.15) is 0 Å². The van der Waals surface area contributed by atoms with E-state index in [1.807, 2.05) is 48.5 Å². The third-order valence-corrected chi connectivity index (χ3v) is 4.63. The van der Waals surface area contributed by atoms with Crippen molar-refractivity contribution in [3.63, 3.8) is 0 Å². The highest BCUT2D eigenvalue weighted by molar-refractivity contribution is 5.94. The standard InChI is InChI=1S/C24H24N2O2/c1-18(27)25-16-19-12-14-22(15-13-19)24(28)26-17-23(20-8-4-2-5-9-20)21-10-6-3-7-11-21/h2-15,23H,16-17H2,1H3,(H,25,27)(H,26,28). The first-order chi connectivity index (χ1) is 13.6. The molecule has 4 nitrogen and oxygen atoms in total. The molecule has 3 aromatic carbocycles. The van der Waals surface area contributed by atoms with Crippen LogP contribution < -0.4 is 10.6 Å². The van der Waals surface area contributed by atoms with E-state index in [9.17, 15) is 9.59 Å². The van der Waals surface area contributed by atoms with Crippen LogP contribution in [0.5, 0.6) is 0 Å². The van der Waals surface area contributed by atoms with E-state index in [4.69, 9.17) is 0 Å². The molecule has 3 aromatic rings. The van der Waals surface area contributed by atoms with Crippen LogP contribution >= 0.6 is 0 Å². The SMILES string of the molecule is CC(=O)NCc1ccc(C(=O)NCC(c2ccccc2)c2ccccc2)cc1. The lowest BCUT2D eigenvalue weighted by molar-refractivity contribution is -0.119. The van der Waals surface area contributed by atoms with Crippen LogP contribution in [-0.4, -0.2) is 18.4 Å². The van der Waals surface area contributed by atoms with Crippen molar-refractivity contribution in [3.05, 3.63) is 107 Å². The van der Waals surface area contributed by atoms with Gasteiger partial charge in [-0.3, -0.25) is 9.59 Å². The predicted octanol–water partition coefficient (Wildman–Crippen LogP) is 3.88. The van der Waals surface area contributed by atoms with Crippen molar-refractivity contribution in [1.82, 2.24) is 10.6 Å². The van der Waals surface area contributed by atoms with Crippen LogP contribution in [0.15, 0.2) is 84.9 Å². The number of hydrogen-bond donors (Lipinski definition) is 2. The first kappa shape index (κ1) is 19.4. The van der Waals surface area contributed by atoms with E-state index < -0.39 is 0 Å². The Hall–Kier alpha value is -3.40. The van der Waals surface area contributed by atoms with E-state index in [1.54, 1.807) is 12.1 Å². The Labute approximate surface area is 165 Å². The highest BCUT2D eigenvalue weighted by atomic mass is 16.2. The van der Waals surface area contributed by atoms with Crippen LogP contribution in [0.2, 0.25) is 0 Å². The zero-order valence-electron chi connectivity index (χ0n) is 15.9. The number of benzene rings is 3. The maximum absolute atomic E-state index is 12.6. The second-order valence-electron chi connectivity index (χ2n) is 6.69. The van der Waals surface area contributed by atoms with Crippen molar-refractivity contribution in [1.29, 1.82) is 0 Å². The maximum atomic E-state index is 12.6. The molecule has 0 saturated carbocycles. The molecule has 0 fully saturated rings. The third-order valence-electron chi connectivity index (χ3n) is 4.63. The van der Waals surface area contributed by atoms with Gasteiger partial charge in [-0.1, -0.05) is 72.8 Å². The Kier molecular flexibility index (Phi) is 6.58. The Morgan fingerprint density at radius 3 is 1.79 bits per heavy atom. The van der Waals surface area contributed by atoms with E-state index in [0.717, 1.165) is 5.56 Å². The summed E-state index contributed by atoms with van der Waals surface area (Å²) in [5.74, 6) is -0.0944. The quantitative estimate of drug-likeness (QED) is 0.661. The first-order valence-corrected chi connectivity index (χ1v) is 9.35. The predicted molar refractivity (Wildman–Crippen MR) is 111 cm³/mol. The van der Waals surface area contributed by atoms with Crippen molar-refractivity contribution in [2.45, 2.75) is 19.4 Å². The minimum Gasteiger partial charge on any atom is -0.352 e. The first-order valence-electron chi connectivity index (χ1n) is 9.35. The van der Waals surface area contributed by atoms with Gasteiger partial charge in [0.25, 0.3) is 5.91 Å². The summed E-state index contributed by atoms with van der Waals surface area (Å²) in [5.41, 5.74) is 3.89. The Morgan fingerprint density at radius 2 is 1.29 bits per heavy atom. The van der Waals surface area contributed by atoms with Gasteiger partial charge in [-0.25, -0.2) is 0 Å². The fraction of sp³-hybridized carbons (Fsp3) is 0.167. The zero-order valence-corrected chi connectivity index (χ0v) is 15.9. The molecule has 0 atom stereocenters. The smallest absolute Gasteiger partial charge is 0.251 e. The number of carbonyl (C=O) groups is 2. The molecule has 28 heavy (non-hydrogen) atoms. The van der Waals surface area contributed by atoms with Crippen LogP contribution in [0.4, 0.5) is 0 Å². The fourth-order valence-electron chi connectivity index (χ4n) is 3.10. The minimum absolute atomic E-state index is 0.0744. The normalized spacial score (nSPS) is 10.5. The lowest BCUT2D eigenvalue weighted by atomic mass is 9.91. The zero-order chi connectivity index (χ0) is 19.8. The molecule has 3 rings (SSSR count). The molecule has 0 aliphatic heterocycles. The molecule has 0 unspecified atom stereocenters. The molecule has 142 valence electrons. The molecule has 0 aliphatic carbocycles. The Morgan fingerprint density at radius 1 is 0.750 bits per heavy atom. The molecule has 0 spiro atoms. The molecule has 0 heterocycles. The lowest BCUT2D eigenvalue weighted by Gasteiger charge is -2.19. The second kappa shape index (κ2) is 9.51. The molecular weight excluding hydrogens is 348 g/mol. The summed E-state index contributed by atoms with van der Waals surface area (Å²) in [6.45, 7) is 2.46. The highest BCUT2D eigenvalue weighted by Crippen LogP contribution is 2.23. The molecule has 0 radical (unpaired) electrons. The number of nitrogens with one attached hydrogen (secondary N) is 2. The summed E-state index contributed by atoms with van der Waals surface area (Å²) in [5, 5.41) is 5.80. The van der Waals surface area contributed by atoms with Crippen molar-refractivity contribution in [2.75, 3.05) is 6.54 Å². The van der Waals surface area contributed by atoms with E-state index in [0.29, 0.717) is 18.7 Å². The van der Waals surface area contributed by atoms with Gasteiger partial charge >= 0.3 is 0 Å². The summed E-state index contributed by atoms with van der Waals surface area (Å²) in [4.78, 5) is 23.6. The summed E-state index contributed by atoms with van der Waals surface area (Å²) >= 11 is 0. The van der Waals surface area contributed by atoms with Crippen molar-refractivity contribution in [2.24, 2.45) is 0 Å².